The van der Waals surface area contributed by atoms with E-state index < -0.39 is 0 Å². The standard InChI is InChI=1S/C15H25NO/c1-4-12(5-2)11-14(16)15(17-3)13-9-7-6-8-10-13/h6-10,12,14-15H,4-5,11,16H2,1-3H3. The largest absolute Gasteiger partial charge is 0.375 e. The van der Waals surface area contributed by atoms with Gasteiger partial charge >= 0.3 is 0 Å². The molecule has 0 bridgehead atoms. The van der Waals surface area contributed by atoms with Crippen LogP contribution >= 0.6 is 0 Å². The van der Waals surface area contributed by atoms with Crippen LogP contribution in [0.25, 0.3) is 0 Å². The lowest BCUT2D eigenvalue weighted by molar-refractivity contribution is 0.0716. The van der Waals surface area contributed by atoms with Crippen molar-refractivity contribution in [2.75, 3.05) is 7.11 Å². The summed E-state index contributed by atoms with van der Waals surface area (Å²) in [5, 5.41) is 0. The molecule has 0 saturated carbocycles. The highest BCUT2D eigenvalue weighted by Gasteiger charge is 2.21. The van der Waals surface area contributed by atoms with Crippen LogP contribution in [0.2, 0.25) is 0 Å². The van der Waals surface area contributed by atoms with Gasteiger partial charge in [-0.3, -0.25) is 0 Å². The Hall–Kier alpha value is -0.860. The summed E-state index contributed by atoms with van der Waals surface area (Å²) >= 11 is 0. The van der Waals surface area contributed by atoms with Gasteiger partial charge in [0.2, 0.25) is 0 Å². The van der Waals surface area contributed by atoms with Crippen molar-refractivity contribution in [1.82, 2.24) is 0 Å². The van der Waals surface area contributed by atoms with E-state index in [0.717, 1.165) is 6.42 Å². The van der Waals surface area contributed by atoms with E-state index in [-0.39, 0.29) is 12.1 Å². The lowest BCUT2D eigenvalue weighted by Gasteiger charge is -2.26. The Bertz CT molecular complexity index is 295. The summed E-state index contributed by atoms with van der Waals surface area (Å²) in [6, 6.07) is 10.3. The molecule has 2 nitrogen and oxygen atoms in total. The maximum absolute atomic E-state index is 6.29. The number of rotatable bonds is 7. The minimum absolute atomic E-state index is 0.0109. The van der Waals surface area contributed by atoms with Crippen molar-refractivity contribution < 1.29 is 4.74 Å². The van der Waals surface area contributed by atoms with Crippen molar-refractivity contribution in [2.45, 2.75) is 45.3 Å². The molecular formula is C15H25NO. The number of nitrogens with two attached hydrogens (primary N) is 1. The fraction of sp³-hybridized carbons (Fsp3) is 0.600. The molecule has 0 aromatic heterocycles. The van der Waals surface area contributed by atoms with Gasteiger partial charge in [0, 0.05) is 13.2 Å². The van der Waals surface area contributed by atoms with E-state index in [0.29, 0.717) is 5.92 Å². The number of hydrogen-bond donors (Lipinski definition) is 1. The molecule has 0 aliphatic carbocycles. The van der Waals surface area contributed by atoms with Gasteiger partial charge in [-0.05, 0) is 17.9 Å². The Balaban J connectivity index is 2.67. The van der Waals surface area contributed by atoms with Gasteiger partial charge in [-0.25, -0.2) is 0 Å². The maximum Gasteiger partial charge on any atom is 0.0971 e. The first-order chi connectivity index (χ1) is 8.22. The first-order valence-corrected chi connectivity index (χ1v) is 6.56. The molecular weight excluding hydrogens is 210 g/mol. The SMILES string of the molecule is CCC(CC)CC(N)C(OC)c1ccccc1. The average molecular weight is 235 g/mol. The van der Waals surface area contributed by atoms with Crippen molar-refractivity contribution in [1.29, 1.82) is 0 Å². The van der Waals surface area contributed by atoms with Crippen LogP contribution in [-0.4, -0.2) is 13.2 Å². The van der Waals surface area contributed by atoms with Crippen molar-refractivity contribution in [3.8, 4) is 0 Å². The molecule has 0 aliphatic heterocycles. The Morgan fingerprint density at radius 2 is 1.71 bits per heavy atom. The summed E-state index contributed by atoms with van der Waals surface area (Å²) in [6.45, 7) is 4.45. The third-order valence-corrected chi connectivity index (χ3v) is 3.53. The van der Waals surface area contributed by atoms with Crippen LogP contribution in [0.3, 0.4) is 0 Å². The highest BCUT2D eigenvalue weighted by molar-refractivity contribution is 5.19. The summed E-state index contributed by atoms with van der Waals surface area (Å²) < 4.78 is 5.56. The lowest BCUT2D eigenvalue weighted by atomic mass is 9.90. The van der Waals surface area contributed by atoms with Crippen molar-refractivity contribution in [3.05, 3.63) is 35.9 Å². The average Bonchev–Trinajstić information content (AvgIpc) is 2.38. The molecule has 0 amide bonds. The van der Waals surface area contributed by atoms with Gasteiger partial charge < -0.3 is 10.5 Å². The van der Waals surface area contributed by atoms with Crippen LogP contribution in [0, 0.1) is 5.92 Å². The molecule has 1 rings (SSSR count). The van der Waals surface area contributed by atoms with Crippen molar-refractivity contribution in [3.63, 3.8) is 0 Å². The zero-order valence-corrected chi connectivity index (χ0v) is 11.2. The molecule has 2 N–H and O–H groups in total. The number of methoxy groups -OCH3 is 1. The van der Waals surface area contributed by atoms with Gasteiger partial charge in [-0.2, -0.15) is 0 Å². The normalized spacial score (nSPS) is 14.9. The molecule has 0 heterocycles. The molecule has 96 valence electrons. The summed E-state index contributed by atoms with van der Waals surface area (Å²) in [5.74, 6) is 0.700. The van der Waals surface area contributed by atoms with Crippen LogP contribution in [0.4, 0.5) is 0 Å². The molecule has 2 heteroatoms. The quantitative estimate of drug-likeness (QED) is 0.784. The smallest absolute Gasteiger partial charge is 0.0971 e. The van der Waals surface area contributed by atoms with E-state index in [4.69, 9.17) is 10.5 Å². The van der Waals surface area contributed by atoms with Gasteiger partial charge in [0.05, 0.1) is 6.10 Å². The summed E-state index contributed by atoms with van der Waals surface area (Å²) in [5.41, 5.74) is 7.46. The molecule has 1 aromatic carbocycles. The summed E-state index contributed by atoms with van der Waals surface area (Å²) in [6.07, 6.45) is 3.42. The lowest BCUT2D eigenvalue weighted by Crippen LogP contribution is -2.31. The monoisotopic (exact) mass is 235 g/mol. The summed E-state index contributed by atoms with van der Waals surface area (Å²) in [7, 11) is 1.74. The van der Waals surface area contributed by atoms with Gasteiger partial charge in [0.25, 0.3) is 0 Å². The zero-order valence-electron chi connectivity index (χ0n) is 11.2. The second kappa shape index (κ2) is 7.46. The second-order valence-electron chi connectivity index (χ2n) is 4.65. The first kappa shape index (κ1) is 14.2. The molecule has 0 aliphatic rings. The molecule has 0 radical (unpaired) electrons. The Kier molecular flexibility index (Phi) is 6.23. The van der Waals surface area contributed by atoms with E-state index in [9.17, 15) is 0 Å². The van der Waals surface area contributed by atoms with Crippen LogP contribution in [-0.2, 0) is 4.74 Å². The minimum Gasteiger partial charge on any atom is -0.375 e. The maximum atomic E-state index is 6.29. The molecule has 0 spiro atoms. The van der Waals surface area contributed by atoms with E-state index in [1.54, 1.807) is 7.11 Å². The van der Waals surface area contributed by atoms with Gasteiger partial charge in [0.1, 0.15) is 0 Å². The molecule has 0 fully saturated rings. The van der Waals surface area contributed by atoms with Crippen molar-refractivity contribution in [2.24, 2.45) is 11.7 Å². The predicted molar refractivity (Wildman–Crippen MR) is 72.9 cm³/mol. The highest BCUT2D eigenvalue weighted by Crippen LogP contribution is 2.25. The van der Waals surface area contributed by atoms with Crippen LogP contribution in [0.5, 0.6) is 0 Å². The Labute approximate surface area is 105 Å². The van der Waals surface area contributed by atoms with Crippen LogP contribution < -0.4 is 5.73 Å². The Morgan fingerprint density at radius 1 is 1.12 bits per heavy atom. The van der Waals surface area contributed by atoms with Crippen molar-refractivity contribution >= 4 is 0 Å². The van der Waals surface area contributed by atoms with E-state index in [1.165, 1.54) is 18.4 Å². The van der Waals surface area contributed by atoms with Crippen LogP contribution in [0.15, 0.2) is 30.3 Å². The van der Waals surface area contributed by atoms with Gasteiger partial charge in [-0.15, -0.1) is 0 Å². The fourth-order valence-electron chi connectivity index (χ4n) is 2.33. The molecule has 2 atom stereocenters. The third kappa shape index (κ3) is 4.14. The van der Waals surface area contributed by atoms with Crippen LogP contribution in [0.1, 0.15) is 44.8 Å². The van der Waals surface area contributed by atoms with E-state index in [2.05, 4.69) is 26.0 Å². The zero-order chi connectivity index (χ0) is 12.7. The first-order valence-electron chi connectivity index (χ1n) is 6.56. The molecule has 17 heavy (non-hydrogen) atoms. The molecule has 2 unspecified atom stereocenters. The third-order valence-electron chi connectivity index (χ3n) is 3.53. The highest BCUT2D eigenvalue weighted by atomic mass is 16.5. The van der Waals surface area contributed by atoms with E-state index >= 15 is 0 Å². The number of benzene rings is 1. The molecule has 0 saturated heterocycles. The van der Waals surface area contributed by atoms with Gasteiger partial charge in [-0.1, -0.05) is 57.0 Å². The number of ether oxygens (including phenoxy) is 1. The number of hydrogen-bond acceptors (Lipinski definition) is 2. The topological polar surface area (TPSA) is 35.2 Å². The second-order valence-corrected chi connectivity index (χ2v) is 4.65. The Morgan fingerprint density at radius 3 is 2.18 bits per heavy atom. The van der Waals surface area contributed by atoms with Gasteiger partial charge in [0.15, 0.2) is 0 Å². The minimum atomic E-state index is 0.0109. The fourth-order valence-corrected chi connectivity index (χ4v) is 2.33. The van der Waals surface area contributed by atoms with E-state index in [1.807, 2.05) is 18.2 Å². The molecule has 1 aromatic rings. The summed E-state index contributed by atoms with van der Waals surface area (Å²) in [4.78, 5) is 0. The predicted octanol–water partition coefficient (Wildman–Crippen LogP) is 3.53.